The van der Waals surface area contributed by atoms with E-state index in [1.54, 1.807) is 0 Å². The topological polar surface area (TPSA) is 0 Å². The summed E-state index contributed by atoms with van der Waals surface area (Å²) in [6.07, 6.45) is 14.1. The Morgan fingerprint density at radius 1 is 0.727 bits per heavy atom. The lowest BCUT2D eigenvalue weighted by molar-refractivity contribution is 0.179. The van der Waals surface area contributed by atoms with Crippen LogP contribution in [0.2, 0.25) is 0 Å². The molecule has 0 heteroatoms. The summed E-state index contributed by atoms with van der Waals surface area (Å²) in [5.41, 5.74) is 1.18. The Hall–Kier alpha value is -0.260. The molecule has 0 N–H and O–H groups in total. The fraction of sp³-hybridized carbons (Fsp3) is 0.909. The van der Waals surface area contributed by atoms with E-state index in [0.29, 0.717) is 16.2 Å². The molecule has 0 aliphatic carbocycles. The molecule has 132 valence electrons. The highest BCUT2D eigenvalue weighted by atomic mass is 14.4. The largest absolute Gasteiger partial charge is 0.0820 e. The third-order valence-electron chi connectivity index (χ3n) is 6.55. The molecule has 22 heavy (non-hydrogen) atoms. The van der Waals surface area contributed by atoms with Gasteiger partial charge in [0.15, 0.2) is 0 Å². The minimum atomic E-state index is 0.340. The zero-order valence-corrected chi connectivity index (χ0v) is 17.2. The normalized spacial score (nSPS) is 19.9. The second kappa shape index (κ2) is 9.14. The second-order valence-corrected chi connectivity index (χ2v) is 8.76. The molecule has 3 atom stereocenters. The van der Waals surface area contributed by atoms with Crippen LogP contribution >= 0.6 is 0 Å². The van der Waals surface area contributed by atoms with Crippen LogP contribution in [0.15, 0.2) is 12.2 Å². The zero-order valence-electron chi connectivity index (χ0n) is 17.2. The van der Waals surface area contributed by atoms with Crippen LogP contribution in [-0.4, -0.2) is 0 Å². The Kier molecular flexibility index (Phi) is 9.03. The van der Waals surface area contributed by atoms with Crippen molar-refractivity contribution in [1.29, 1.82) is 0 Å². The molecule has 0 nitrogen and oxygen atoms in total. The van der Waals surface area contributed by atoms with Gasteiger partial charge < -0.3 is 0 Å². The molecule has 0 saturated carbocycles. The number of allylic oxidation sites excluding steroid dienone is 2. The first-order chi connectivity index (χ1) is 10.1. The Morgan fingerprint density at radius 2 is 1.18 bits per heavy atom. The maximum absolute atomic E-state index is 2.57. The molecule has 3 unspecified atom stereocenters. The highest BCUT2D eigenvalue weighted by molar-refractivity contribution is 5.05. The predicted molar refractivity (Wildman–Crippen MR) is 103 cm³/mol. The van der Waals surface area contributed by atoms with Crippen LogP contribution < -0.4 is 0 Å². The van der Waals surface area contributed by atoms with E-state index in [-0.39, 0.29) is 0 Å². The number of rotatable bonds is 11. The third kappa shape index (κ3) is 6.88. The summed E-state index contributed by atoms with van der Waals surface area (Å²) in [4.78, 5) is 0. The van der Waals surface area contributed by atoms with Crippen molar-refractivity contribution in [2.24, 2.45) is 22.2 Å². The minimum absolute atomic E-state index is 0.340. The lowest BCUT2D eigenvalue weighted by Crippen LogP contribution is -2.26. The van der Waals surface area contributed by atoms with E-state index >= 15 is 0 Å². The third-order valence-corrected chi connectivity index (χ3v) is 6.55. The molecule has 0 aromatic heterocycles. The number of hydrogen-bond acceptors (Lipinski definition) is 0. The van der Waals surface area contributed by atoms with Crippen LogP contribution in [0.3, 0.4) is 0 Å². The van der Waals surface area contributed by atoms with Crippen LogP contribution in [0.4, 0.5) is 0 Å². The molecule has 0 aliphatic heterocycles. The maximum Gasteiger partial charge on any atom is -0.0144 e. The van der Waals surface area contributed by atoms with Gasteiger partial charge in [0.2, 0.25) is 0 Å². The van der Waals surface area contributed by atoms with Crippen LogP contribution in [-0.2, 0) is 0 Å². The monoisotopic (exact) mass is 308 g/mol. The standard InChI is InChI=1S/C22H44/c1-10-19(6)17-21(8,13-4)15-16-22(9,14-5)18-20(7,11-2)12-3/h15-16,19H,10-14,17-18H2,1-9H3. The predicted octanol–water partition coefficient (Wildman–Crippen LogP) is 8.03. The Morgan fingerprint density at radius 3 is 1.55 bits per heavy atom. The van der Waals surface area contributed by atoms with Crippen LogP contribution in [0.1, 0.15) is 107 Å². The first-order valence-electron chi connectivity index (χ1n) is 9.81. The molecule has 0 saturated heterocycles. The summed E-state index contributed by atoms with van der Waals surface area (Å²) in [6.45, 7) is 21.5. The maximum atomic E-state index is 2.57. The van der Waals surface area contributed by atoms with E-state index < -0.39 is 0 Å². The SMILES string of the molecule is CCC(C)CC(C)(C=CC(C)(CC)CC(C)(CC)CC)CC. The van der Waals surface area contributed by atoms with Crippen LogP contribution in [0.5, 0.6) is 0 Å². The first-order valence-corrected chi connectivity index (χ1v) is 9.81. The summed E-state index contributed by atoms with van der Waals surface area (Å²) in [7, 11) is 0. The van der Waals surface area contributed by atoms with E-state index in [9.17, 15) is 0 Å². The Labute approximate surface area is 142 Å². The lowest BCUT2D eigenvalue weighted by Gasteiger charge is -2.38. The van der Waals surface area contributed by atoms with E-state index in [1.807, 2.05) is 0 Å². The van der Waals surface area contributed by atoms with Gasteiger partial charge in [-0.2, -0.15) is 0 Å². The van der Waals surface area contributed by atoms with Crippen molar-refractivity contribution in [2.75, 3.05) is 0 Å². The molecule has 0 bridgehead atoms. The molecule has 0 spiro atoms. The number of hydrogen-bond donors (Lipinski definition) is 0. The van der Waals surface area contributed by atoms with Gasteiger partial charge in [-0.25, -0.2) is 0 Å². The quantitative estimate of drug-likeness (QED) is 0.339. The van der Waals surface area contributed by atoms with Crippen molar-refractivity contribution < 1.29 is 0 Å². The molecule has 0 radical (unpaired) electrons. The van der Waals surface area contributed by atoms with E-state index in [2.05, 4.69) is 74.5 Å². The molecular weight excluding hydrogens is 264 g/mol. The van der Waals surface area contributed by atoms with Gasteiger partial charge in [-0.15, -0.1) is 0 Å². The summed E-state index contributed by atoms with van der Waals surface area (Å²) in [5, 5.41) is 0. The molecular formula is C22H44. The summed E-state index contributed by atoms with van der Waals surface area (Å²) in [6, 6.07) is 0. The van der Waals surface area contributed by atoms with Crippen molar-refractivity contribution in [2.45, 2.75) is 107 Å². The average Bonchev–Trinajstić information content (AvgIpc) is 2.52. The molecule has 0 rings (SSSR count). The summed E-state index contributed by atoms with van der Waals surface area (Å²) in [5.74, 6) is 0.819. The van der Waals surface area contributed by atoms with E-state index in [1.165, 1.54) is 44.9 Å². The van der Waals surface area contributed by atoms with Gasteiger partial charge in [-0.3, -0.25) is 0 Å². The van der Waals surface area contributed by atoms with Crippen molar-refractivity contribution >= 4 is 0 Å². The van der Waals surface area contributed by atoms with Crippen molar-refractivity contribution in [1.82, 2.24) is 0 Å². The van der Waals surface area contributed by atoms with Gasteiger partial charge in [0, 0.05) is 0 Å². The van der Waals surface area contributed by atoms with Crippen molar-refractivity contribution in [3.05, 3.63) is 12.2 Å². The van der Waals surface area contributed by atoms with Gasteiger partial charge in [0.05, 0.1) is 0 Å². The average molecular weight is 309 g/mol. The smallest absolute Gasteiger partial charge is 0.0144 e. The molecule has 0 aromatic carbocycles. The molecule has 0 heterocycles. The summed E-state index contributed by atoms with van der Waals surface area (Å²) < 4.78 is 0. The Bertz CT molecular complexity index is 323. The highest BCUT2D eigenvalue weighted by Crippen LogP contribution is 2.43. The van der Waals surface area contributed by atoms with Gasteiger partial charge in [0.1, 0.15) is 0 Å². The van der Waals surface area contributed by atoms with Crippen LogP contribution in [0, 0.1) is 22.2 Å². The second-order valence-electron chi connectivity index (χ2n) is 8.76. The fourth-order valence-corrected chi connectivity index (χ4v) is 3.45. The fourth-order valence-electron chi connectivity index (χ4n) is 3.45. The van der Waals surface area contributed by atoms with Crippen molar-refractivity contribution in [3.63, 3.8) is 0 Å². The molecule has 0 fully saturated rings. The van der Waals surface area contributed by atoms with E-state index in [4.69, 9.17) is 0 Å². The van der Waals surface area contributed by atoms with Gasteiger partial charge in [-0.1, -0.05) is 93.7 Å². The van der Waals surface area contributed by atoms with Crippen LogP contribution in [0.25, 0.3) is 0 Å². The highest BCUT2D eigenvalue weighted by Gasteiger charge is 2.31. The molecule has 0 aliphatic rings. The van der Waals surface area contributed by atoms with Crippen molar-refractivity contribution in [3.8, 4) is 0 Å². The lowest BCUT2D eigenvalue weighted by atomic mass is 9.67. The summed E-state index contributed by atoms with van der Waals surface area (Å²) >= 11 is 0. The zero-order chi connectivity index (χ0) is 17.4. The Balaban J connectivity index is 5.16. The van der Waals surface area contributed by atoms with Gasteiger partial charge in [-0.05, 0) is 47.8 Å². The van der Waals surface area contributed by atoms with Gasteiger partial charge in [0.25, 0.3) is 0 Å². The van der Waals surface area contributed by atoms with E-state index in [0.717, 1.165) is 5.92 Å². The molecule has 0 aromatic rings. The van der Waals surface area contributed by atoms with Gasteiger partial charge >= 0.3 is 0 Å². The molecule has 0 amide bonds. The first kappa shape index (κ1) is 21.7. The minimum Gasteiger partial charge on any atom is -0.0820 e.